The van der Waals surface area contributed by atoms with E-state index in [1.807, 2.05) is 0 Å². The summed E-state index contributed by atoms with van der Waals surface area (Å²) < 4.78 is 37.3. The van der Waals surface area contributed by atoms with Crippen molar-refractivity contribution in [2.75, 3.05) is 11.4 Å². The lowest BCUT2D eigenvalue weighted by atomic mass is 10.0. The van der Waals surface area contributed by atoms with E-state index in [0.717, 1.165) is 18.7 Å². The van der Waals surface area contributed by atoms with E-state index in [-0.39, 0.29) is 12.1 Å². The van der Waals surface area contributed by atoms with Crippen molar-refractivity contribution in [3.05, 3.63) is 24.0 Å². The van der Waals surface area contributed by atoms with Gasteiger partial charge in [0.05, 0.1) is 11.9 Å². The monoisotopic (exact) mass is 287 g/mol. The molecule has 2 rings (SSSR count). The van der Waals surface area contributed by atoms with Crippen molar-refractivity contribution in [2.24, 2.45) is 5.92 Å². The molecule has 0 aromatic carbocycles. The minimum atomic E-state index is -4.47. The minimum absolute atomic E-state index is 0.0183. The fraction of sp³-hybridized carbons (Fsp3) is 0.538. The van der Waals surface area contributed by atoms with Crippen molar-refractivity contribution in [3.8, 4) is 0 Å². The predicted molar refractivity (Wildman–Crippen MR) is 68.4 cm³/mol. The van der Waals surface area contributed by atoms with Crippen LogP contribution in [-0.2, 0) is 6.18 Å². The summed E-state index contributed by atoms with van der Waals surface area (Å²) in [5.74, 6) is 0.436. The van der Waals surface area contributed by atoms with Crippen LogP contribution in [0.5, 0.6) is 0 Å². The zero-order chi connectivity index (χ0) is 14.9. The van der Waals surface area contributed by atoms with Crippen LogP contribution in [0.4, 0.5) is 23.7 Å². The molecule has 1 N–H and O–H groups in total. The molecule has 0 spiro atoms. The molecule has 1 aliphatic rings. The highest BCUT2D eigenvalue weighted by Gasteiger charge is 2.34. The zero-order valence-electron chi connectivity index (χ0n) is 11.2. The second-order valence-electron chi connectivity index (χ2n) is 5.29. The van der Waals surface area contributed by atoms with E-state index in [1.165, 1.54) is 11.0 Å². The second kappa shape index (κ2) is 5.30. The van der Waals surface area contributed by atoms with Gasteiger partial charge < -0.3 is 5.32 Å². The molecule has 1 saturated heterocycles. The van der Waals surface area contributed by atoms with Crippen LogP contribution in [0.25, 0.3) is 0 Å². The quantitative estimate of drug-likeness (QED) is 0.928. The Morgan fingerprint density at radius 1 is 1.45 bits per heavy atom. The molecule has 0 radical (unpaired) electrons. The van der Waals surface area contributed by atoms with Gasteiger partial charge in [-0.2, -0.15) is 13.2 Å². The summed E-state index contributed by atoms with van der Waals surface area (Å²) in [7, 11) is 0. The van der Waals surface area contributed by atoms with Gasteiger partial charge in [-0.15, -0.1) is 0 Å². The third-order valence-corrected chi connectivity index (χ3v) is 3.08. The molecule has 4 nitrogen and oxygen atoms in total. The summed E-state index contributed by atoms with van der Waals surface area (Å²) in [6, 6.07) is 1.88. The fourth-order valence-electron chi connectivity index (χ4n) is 2.24. The maximum atomic E-state index is 12.4. The molecule has 1 atom stereocenters. The van der Waals surface area contributed by atoms with Gasteiger partial charge in [0.2, 0.25) is 0 Å². The smallest absolute Gasteiger partial charge is 0.333 e. The summed E-state index contributed by atoms with van der Waals surface area (Å²) in [4.78, 5) is 16.6. The molecule has 0 unspecified atom stereocenters. The number of carbonyl (C=O) groups excluding carboxylic acids is 1. The number of halogens is 3. The van der Waals surface area contributed by atoms with Crippen LogP contribution in [0, 0.1) is 5.92 Å². The van der Waals surface area contributed by atoms with Gasteiger partial charge in [0, 0.05) is 12.6 Å². The van der Waals surface area contributed by atoms with Crippen LogP contribution in [0.2, 0.25) is 0 Å². The average Bonchev–Trinajstić information content (AvgIpc) is 2.68. The van der Waals surface area contributed by atoms with Crippen molar-refractivity contribution in [1.82, 2.24) is 10.3 Å². The van der Waals surface area contributed by atoms with Crippen molar-refractivity contribution >= 4 is 11.7 Å². The van der Waals surface area contributed by atoms with E-state index in [4.69, 9.17) is 0 Å². The Kier molecular flexibility index (Phi) is 3.87. The third-order valence-electron chi connectivity index (χ3n) is 3.08. The molecule has 0 saturated carbocycles. The number of urea groups is 1. The summed E-state index contributed by atoms with van der Waals surface area (Å²) in [6.07, 6.45) is -2.55. The first-order valence-electron chi connectivity index (χ1n) is 6.38. The number of anilines is 1. The van der Waals surface area contributed by atoms with E-state index in [1.54, 1.807) is 0 Å². The summed E-state index contributed by atoms with van der Waals surface area (Å²) in [5.41, 5.74) is -0.582. The van der Waals surface area contributed by atoms with Crippen LogP contribution >= 0.6 is 0 Å². The Bertz CT molecular complexity index is 485. The van der Waals surface area contributed by atoms with Crippen molar-refractivity contribution < 1.29 is 18.0 Å². The molecule has 0 aliphatic carbocycles. The lowest BCUT2D eigenvalue weighted by molar-refractivity contribution is -0.141. The lowest BCUT2D eigenvalue weighted by Crippen LogP contribution is -2.29. The van der Waals surface area contributed by atoms with E-state index in [9.17, 15) is 18.0 Å². The number of alkyl halides is 3. The Morgan fingerprint density at radius 3 is 2.65 bits per heavy atom. The highest BCUT2D eigenvalue weighted by atomic mass is 19.4. The maximum absolute atomic E-state index is 12.4. The molecule has 0 bridgehead atoms. The number of aromatic nitrogens is 1. The van der Waals surface area contributed by atoms with Gasteiger partial charge in [0.15, 0.2) is 0 Å². The predicted octanol–water partition coefficient (Wildman–Crippen LogP) is 3.04. The highest BCUT2D eigenvalue weighted by Crippen LogP contribution is 2.29. The number of pyridine rings is 1. The Morgan fingerprint density at radius 2 is 2.15 bits per heavy atom. The maximum Gasteiger partial charge on any atom is 0.433 e. The molecular weight excluding hydrogens is 271 g/mol. The number of hydrogen-bond donors (Lipinski definition) is 1. The summed E-state index contributed by atoms with van der Waals surface area (Å²) >= 11 is 0. The van der Waals surface area contributed by atoms with Crippen molar-refractivity contribution in [2.45, 2.75) is 32.5 Å². The summed E-state index contributed by atoms with van der Waals surface area (Å²) in [5, 5.41) is 2.82. The van der Waals surface area contributed by atoms with Gasteiger partial charge in [-0.25, -0.2) is 9.78 Å². The van der Waals surface area contributed by atoms with Gasteiger partial charge in [0.25, 0.3) is 0 Å². The highest BCUT2D eigenvalue weighted by molar-refractivity contribution is 5.94. The van der Waals surface area contributed by atoms with E-state index < -0.39 is 11.9 Å². The first-order chi connectivity index (χ1) is 9.27. The lowest BCUT2D eigenvalue weighted by Gasteiger charge is -2.15. The zero-order valence-corrected chi connectivity index (χ0v) is 11.2. The van der Waals surface area contributed by atoms with Crippen LogP contribution in [0.3, 0.4) is 0 Å². The molecule has 1 aromatic rings. The molecule has 7 heteroatoms. The van der Waals surface area contributed by atoms with Crippen LogP contribution in [0.15, 0.2) is 18.3 Å². The van der Waals surface area contributed by atoms with E-state index >= 15 is 0 Å². The van der Waals surface area contributed by atoms with Gasteiger partial charge in [-0.3, -0.25) is 4.90 Å². The van der Waals surface area contributed by atoms with Gasteiger partial charge in [-0.05, 0) is 24.5 Å². The number of amides is 2. The first kappa shape index (κ1) is 14.6. The minimum Gasteiger partial charge on any atom is -0.333 e. The van der Waals surface area contributed by atoms with Crippen molar-refractivity contribution in [3.63, 3.8) is 0 Å². The molecular formula is C13H16F3N3O. The number of carbonyl (C=O) groups is 1. The van der Waals surface area contributed by atoms with Crippen LogP contribution < -0.4 is 10.2 Å². The first-order valence-corrected chi connectivity index (χ1v) is 6.38. The molecule has 1 fully saturated rings. The van der Waals surface area contributed by atoms with E-state index in [2.05, 4.69) is 24.1 Å². The standard InChI is InChI=1S/C13H16F3N3O/c1-8(2)5-9-7-19(12(20)18-9)10-3-4-11(17-6-10)13(14,15)16/h3-4,6,8-9H,5,7H2,1-2H3,(H,18,20)/t9-/m0/s1. The third kappa shape index (κ3) is 3.20. The number of hydrogen-bond acceptors (Lipinski definition) is 2. The topological polar surface area (TPSA) is 45.2 Å². The van der Waals surface area contributed by atoms with Gasteiger partial charge >= 0.3 is 12.2 Å². The number of nitrogens with one attached hydrogen (secondary N) is 1. The molecule has 110 valence electrons. The normalized spacial score (nSPS) is 19.6. The summed E-state index contributed by atoms with van der Waals surface area (Å²) in [6.45, 7) is 4.55. The van der Waals surface area contributed by atoms with Crippen LogP contribution in [0.1, 0.15) is 26.0 Å². The molecule has 20 heavy (non-hydrogen) atoms. The second-order valence-corrected chi connectivity index (χ2v) is 5.29. The van der Waals surface area contributed by atoms with E-state index in [0.29, 0.717) is 18.2 Å². The molecule has 1 aromatic heterocycles. The Labute approximate surface area is 115 Å². The average molecular weight is 287 g/mol. The molecule has 1 aliphatic heterocycles. The molecule has 2 amide bonds. The van der Waals surface area contributed by atoms with Gasteiger partial charge in [-0.1, -0.05) is 13.8 Å². The molecule has 2 heterocycles. The van der Waals surface area contributed by atoms with Crippen LogP contribution in [-0.4, -0.2) is 23.6 Å². The number of rotatable bonds is 3. The number of nitrogens with zero attached hydrogens (tertiary/aromatic N) is 2. The Balaban J connectivity index is 2.10. The van der Waals surface area contributed by atoms with Crippen molar-refractivity contribution in [1.29, 1.82) is 0 Å². The largest absolute Gasteiger partial charge is 0.433 e. The fourth-order valence-corrected chi connectivity index (χ4v) is 2.24. The Hall–Kier alpha value is -1.79. The SMILES string of the molecule is CC(C)C[C@H]1CN(c2ccc(C(F)(F)F)nc2)C(=O)N1. The van der Waals surface area contributed by atoms with Gasteiger partial charge in [0.1, 0.15) is 5.69 Å².